The molecule has 2 unspecified atom stereocenters. The summed E-state index contributed by atoms with van der Waals surface area (Å²) in [4.78, 5) is 11.5. The van der Waals surface area contributed by atoms with Crippen molar-refractivity contribution in [3.8, 4) is 23.0 Å². The van der Waals surface area contributed by atoms with Gasteiger partial charge in [-0.15, -0.1) is 5.92 Å². The van der Waals surface area contributed by atoms with Crippen LogP contribution in [0, 0.1) is 23.2 Å². The van der Waals surface area contributed by atoms with Gasteiger partial charge in [0.2, 0.25) is 0 Å². The molecular formula is C26H23F3O3. The molecule has 0 aliphatic heterocycles. The smallest absolute Gasteiger partial charge is 0.416 e. The second-order valence-electron chi connectivity index (χ2n) is 7.68. The van der Waals surface area contributed by atoms with Crippen molar-refractivity contribution < 1.29 is 27.8 Å². The van der Waals surface area contributed by atoms with E-state index in [1.807, 2.05) is 30.3 Å². The summed E-state index contributed by atoms with van der Waals surface area (Å²) in [6.45, 7) is 3.60. The second-order valence-corrected chi connectivity index (χ2v) is 7.68. The molecular weight excluding hydrogens is 417 g/mol. The van der Waals surface area contributed by atoms with Crippen molar-refractivity contribution in [2.75, 3.05) is 0 Å². The van der Waals surface area contributed by atoms with Gasteiger partial charge >= 0.3 is 12.1 Å². The molecule has 0 amide bonds. The average molecular weight is 440 g/mol. The molecule has 2 aromatic carbocycles. The number of alkyl halides is 3. The van der Waals surface area contributed by atoms with E-state index in [-0.39, 0.29) is 6.61 Å². The van der Waals surface area contributed by atoms with Gasteiger partial charge in [-0.05, 0) is 60.4 Å². The van der Waals surface area contributed by atoms with Crippen LogP contribution in [-0.4, -0.2) is 11.1 Å². The van der Waals surface area contributed by atoms with Crippen molar-refractivity contribution in [3.05, 3.63) is 83.6 Å². The Balaban J connectivity index is 1.68. The van der Waals surface area contributed by atoms with Gasteiger partial charge in [0.1, 0.15) is 12.4 Å². The zero-order chi connectivity index (χ0) is 23.4. The molecule has 2 aromatic rings. The third-order valence-electron chi connectivity index (χ3n) is 5.56. The quantitative estimate of drug-likeness (QED) is 0.524. The summed E-state index contributed by atoms with van der Waals surface area (Å²) in [6.07, 6.45) is 1.43. The Bertz CT molecular complexity index is 1100. The number of allylic oxidation sites excluding steroid dienone is 3. The number of hydrogen-bond acceptors (Lipinski definition) is 2. The monoisotopic (exact) mass is 440 g/mol. The molecule has 32 heavy (non-hydrogen) atoms. The third-order valence-corrected chi connectivity index (χ3v) is 5.56. The number of benzene rings is 2. The Morgan fingerprint density at radius 2 is 1.91 bits per heavy atom. The number of carbonyl (C=O) groups is 1. The van der Waals surface area contributed by atoms with Crippen LogP contribution < -0.4 is 0 Å². The van der Waals surface area contributed by atoms with Crippen LogP contribution in [-0.2, 0) is 22.3 Å². The Kier molecular flexibility index (Phi) is 6.78. The molecule has 0 fully saturated rings. The van der Waals surface area contributed by atoms with Crippen LogP contribution in [0.1, 0.15) is 31.4 Å². The molecule has 0 saturated carbocycles. The van der Waals surface area contributed by atoms with Crippen molar-refractivity contribution >= 4 is 5.97 Å². The highest BCUT2D eigenvalue weighted by Crippen LogP contribution is 2.37. The van der Waals surface area contributed by atoms with Crippen molar-refractivity contribution in [3.63, 3.8) is 0 Å². The molecule has 166 valence electrons. The predicted octanol–water partition coefficient (Wildman–Crippen LogP) is 6.46. The van der Waals surface area contributed by atoms with Gasteiger partial charge in [0.25, 0.3) is 0 Å². The van der Waals surface area contributed by atoms with Crippen LogP contribution in [0.5, 0.6) is 0 Å². The van der Waals surface area contributed by atoms with E-state index in [2.05, 4.69) is 11.8 Å². The van der Waals surface area contributed by atoms with Crippen molar-refractivity contribution in [1.29, 1.82) is 0 Å². The van der Waals surface area contributed by atoms with Crippen molar-refractivity contribution in [1.82, 2.24) is 0 Å². The van der Waals surface area contributed by atoms with Crippen LogP contribution in [0.15, 0.2) is 72.5 Å². The lowest BCUT2D eigenvalue weighted by Gasteiger charge is -2.30. The Labute approximate surface area is 185 Å². The van der Waals surface area contributed by atoms with Gasteiger partial charge in [-0.1, -0.05) is 49.3 Å². The first-order chi connectivity index (χ1) is 15.1. The van der Waals surface area contributed by atoms with E-state index >= 15 is 0 Å². The molecule has 0 spiro atoms. The highest BCUT2D eigenvalue weighted by Gasteiger charge is 2.37. The number of hydrogen-bond donors (Lipinski definition) is 1. The summed E-state index contributed by atoms with van der Waals surface area (Å²) >= 11 is 0. The highest BCUT2D eigenvalue weighted by molar-refractivity contribution is 5.72. The maximum absolute atomic E-state index is 12.8. The van der Waals surface area contributed by atoms with E-state index in [9.17, 15) is 23.1 Å². The molecule has 0 aromatic heterocycles. The largest absolute Gasteiger partial charge is 0.489 e. The maximum atomic E-state index is 12.8. The van der Waals surface area contributed by atoms with E-state index in [0.717, 1.165) is 23.3 Å². The van der Waals surface area contributed by atoms with Crippen LogP contribution in [0.25, 0.3) is 11.1 Å². The van der Waals surface area contributed by atoms with E-state index in [1.54, 1.807) is 26.0 Å². The van der Waals surface area contributed by atoms with Crippen LogP contribution >= 0.6 is 0 Å². The summed E-state index contributed by atoms with van der Waals surface area (Å²) in [7, 11) is 0. The Morgan fingerprint density at radius 3 is 2.47 bits per heavy atom. The van der Waals surface area contributed by atoms with E-state index in [4.69, 9.17) is 4.74 Å². The van der Waals surface area contributed by atoms with Crippen LogP contribution in [0.3, 0.4) is 0 Å². The first-order valence-electron chi connectivity index (χ1n) is 10.1. The van der Waals surface area contributed by atoms with Crippen molar-refractivity contribution in [2.45, 2.75) is 33.1 Å². The fourth-order valence-corrected chi connectivity index (χ4v) is 3.58. The molecule has 1 N–H and O–H groups in total. The van der Waals surface area contributed by atoms with Gasteiger partial charge in [-0.3, -0.25) is 4.79 Å². The predicted molar refractivity (Wildman–Crippen MR) is 116 cm³/mol. The van der Waals surface area contributed by atoms with Gasteiger partial charge in [-0.2, -0.15) is 13.2 Å². The van der Waals surface area contributed by atoms with Crippen molar-refractivity contribution in [2.24, 2.45) is 11.3 Å². The molecule has 3 nitrogen and oxygen atoms in total. The third kappa shape index (κ3) is 5.23. The fraction of sp³-hybridized carbons (Fsp3) is 0.269. The lowest BCUT2D eigenvalue weighted by atomic mass is 9.72. The van der Waals surface area contributed by atoms with E-state index < -0.39 is 29.0 Å². The number of aliphatic carboxylic acids is 1. The van der Waals surface area contributed by atoms with Crippen LogP contribution in [0.2, 0.25) is 0 Å². The van der Waals surface area contributed by atoms with Gasteiger partial charge in [0.15, 0.2) is 0 Å². The van der Waals surface area contributed by atoms with E-state index in [0.29, 0.717) is 17.7 Å². The first kappa shape index (κ1) is 23.2. The molecule has 0 heterocycles. The molecule has 2 atom stereocenters. The number of rotatable bonds is 6. The van der Waals surface area contributed by atoms with Crippen LogP contribution in [0.4, 0.5) is 13.2 Å². The number of carboxylic acids is 1. The van der Waals surface area contributed by atoms with Gasteiger partial charge in [0.05, 0.1) is 16.9 Å². The lowest BCUT2D eigenvalue weighted by Crippen LogP contribution is -2.32. The minimum Gasteiger partial charge on any atom is -0.489 e. The normalized spacial score (nSPS) is 18.8. The summed E-state index contributed by atoms with van der Waals surface area (Å²) in [5.74, 6) is 4.90. The van der Waals surface area contributed by atoms with Gasteiger partial charge < -0.3 is 9.84 Å². The Morgan fingerprint density at radius 1 is 1.19 bits per heavy atom. The molecule has 0 radical (unpaired) electrons. The summed E-state index contributed by atoms with van der Waals surface area (Å²) in [6, 6.07) is 12.4. The zero-order valence-corrected chi connectivity index (χ0v) is 17.7. The number of carboxylic acid groups (broad SMARTS) is 1. The fourth-order valence-electron chi connectivity index (χ4n) is 3.58. The SMILES string of the molecule is CC#CC1(C(C)C(=O)O)C=CC(OCc2cccc(-c3ccc(C(F)(F)F)cc3)c2)=CC1. The molecule has 3 rings (SSSR count). The molecule has 1 aliphatic rings. The van der Waals surface area contributed by atoms with E-state index in [1.165, 1.54) is 12.1 Å². The standard InChI is InChI=1S/C26H23F3O3/c1-3-13-25(18(2)24(30)31)14-11-23(12-15-25)32-17-19-5-4-6-21(16-19)20-7-9-22(10-8-20)26(27,28)29/h4-12,14,16,18H,15,17H2,1-2H3,(H,30,31). The lowest BCUT2D eigenvalue weighted by molar-refractivity contribution is -0.143. The Hall–Kier alpha value is -3.46. The zero-order valence-electron chi connectivity index (χ0n) is 17.7. The summed E-state index contributed by atoms with van der Waals surface area (Å²) < 4.78 is 44.2. The van der Waals surface area contributed by atoms with Gasteiger partial charge in [0, 0.05) is 0 Å². The highest BCUT2D eigenvalue weighted by atomic mass is 19.4. The number of halogens is 3. The minimum atomic E-state index is -4.36. The minimum absolute atomic E-state index is 0.269. The topological polar surface area (TPSA) is 46.5 Å². The second kappa shape index (κ2) is 9.35. The molecule has 1 aliphatic carbocycles. The summed E-state index contributed by atoms with van der Waals surface area (Å²) in [5.41, 5.74) is 0.886. The summed E-state index contributed by atoms with van der Waals surface area (Å²) in [5, 5.41) is 9.41. The maximum Gasteiger partial charge on any atom is 0.416 e. The molecule has 0 bridgehead atoms. The average Bonchev–Trinajstić information content (AvgIpc) is 2.78. The molecule has 0 saturated heterocycles. The number of ether oxygens (including phenoxy) is 1. The first-order valence-corrected chi connectivity index (χ1v) is 10.1. The van der Waals surface area contributed by atoms with Gasteiger partial charge in [-0.25, -0.2) is 0 Å². The molecule has 6 heteroatoms.